The summed E-state index contributed by atoms with van der Waals surface area (Å²) in [5.41, 5.74) is 0. The van der Waals surface area contributed by atoms with E-state index >= 15 is 0 Å². The Balaban J connectivity index is 2.41. The van der Waals surface area contributed by atoms with Crippen LogP contribution in [0.4, 0.5) is 5.82 Å². The zero-order valence-corrected chi connectivity index (χ0v) is 8.12. The summed E-state index contributed by atoms with van der Waals surface area (Å²) >= 11 is 0. The van der Waals surface area contributed by atoms with Gasteiger partial charge in [0.1, 0.15) is 12.1 Å². The molecule has 0 aliphatic heterocycles. The normalized spacial score (nSPS) is 10.1. The van der Waals surface area contributed by atoms with E-state index in [1.807, 2.05) is 37.3 Å². The molecule has 0 radical (unpaired) electrons. The molecule has 0 saturated heterocycles. The first-order valence-electron chi connectivity index (χ1n) is 4.27. The lowest BCUT2D eigenvalue weighted by Crippen LogP contribution is -2.11. The van der Waals surface area contributed by atoms with Gasteiger partial charge in [-0.15, -0.1) is 0 Å². The highest BCUT2D eigenvalue weighted by molar-refractivity contribution is 5.41. The molecule has 0 unspecified atom stereocenters. The maximum atomic E-state index is 4.13. The lowest BCUT2D eigenvalue weighted by atomic mass is 10.5. The molecule has 0 amide bonds. The van der Waals surface area contributed by atoms with E-state index in [0.717, 1.165) is 11.6 Å². The molecule has 14 heavy (non-hydrogen) atoms. The van der Waals surface area contributed by atoms with Gasteiger partial charge in [-0.1, -0.05) is 0 Å². The molecule has 2 aromatic rings. The zero-order valence-electron chi connectivity index (χ0n) is 8.12. The monoisotopic (exact) mass is 189 g/mol. The van der Waals surface area contributed by atoms with Crippen LogP contribution in [-0.2, 0) is 0 Å². The Kier molecular flexibility index (Phi) is 2.14. The van der Waals surface area contributed by atoms with E-state index in [1.165, 1.54) is 6.33 Å². The first-order valence-corrected chi connectivity index (χ1v) is 4.27. The Bertz CT molecular complexity index is 407. The quantitative estimate of drug-likeness (QED) is 0.698. The summed E-state index contributed by atoms with van der Waals surface area (Å²) in [6.07, 6.45) is 5.10. The fourth-order valence-electron chi connectivity index (χ4n) is 1.11. The van der Waals surface area contributed by atoms with E-state index in [-0.39, 0.29) is 0 Å². The summed E-state index contributed by atoms with van der Waals surface area (Å²) in [6, 6.07) is 3.74. The second-order valence-corrected chi connectivity index (χ2v) is 3.08. The molecule has 5 heteroatoms. The molecule has 0 aliphatic carbocycles. The van der Waals surface area contributed by atoms with Gasteiger partial charge in [0.2, 0.25) is 0 Å². The molecule has 0 bridgehead atoms. The van der Waals surface area contributed by atoms with Gasteiger partial charge in [0.25, 0.3) is 0 Å². The summed E-state index contributed by atoms with van der Waals surface area (Å²) in [4.78, 5) is 10.2. The van der Waals surface area contributed by atoms with Gasteiger partial charge in [-0.25, -0.2) is 14.6 Å². The summed E-state index contributed by atoms with van der Waals surface area (Å²) in [7, 11) is 3.88. The zero-order chi connectivity index (χ0) is 9.97. The minimum absolute atomic E-state index is 0.772. The van der Waals surface area contributed by atoms with Crippen LogP contribution in [0.1, 0.15) is 0 Å². The highest BCUT2D eigenvalue weighted by Gasteiger charge is 2.01. The van der Waals surface area contributed by atoms with Gasteiger partial charge < -0.3 is 4.90 Å². The Morgan fingerprint density at radius 1 is 1.29 bits per heavy atom. The molecule has 0 atom stereocenters. The molecule has 0 aromatic carbocycles. The van der Waals surface area contributed by atoms with Gasteiger partial charge in [0.05, 0.1) is 0 Å². The third-order valence-electron chi connectivity index (χ3n) is 1.84. The summed E-state index contributed by atoms with van der Waals surface area (Å²) in [5.74, 6) is 1.64. The lowest BCUT2D eigenvalue weighted by Gasteiger charge is -2.11. The maximum Gasteiger partial charge on any atom is 0.158 e. The highest BCUT2D eigenvalue weighted by atomic mass is 15.3. The smallest absolute Gasteiger partial charge is 0.158 e. The summed E-state index contributed by atoms with van der Waals surface area (Å²) < 4.78 is 1.70. The number of anilines is 1. The minimum atomic E-state index is 0.772. The molecule has 5 nitrogen and oxygen atoms in total. The van der Waals surface area contributed by atoms with E-state index in [1.54, 1.807) is 10.9 Å². The first-order chi connectivity index (χ1) is 6.77. The molecular weight excluding hydrogens is 178 g/mol. The van der Waals surface area contributed by atoms with Gasteiger partial charge in [-0.2, -0.15) is 5.10 Å². The molecule has 0 fully saturated rings. The predicted molar refractivity (Wildman–Crippen MR) is 53.5 cm³/mol. The van der Waals surface area contributed by atoms with Crippen molar-refractivity contribution in [2.24, 2.45) is 0 Å². The Labute approximate surface area is 82.0 Å². The number of nitrogens with zero attached hydrogens (tertiary/aromatic N) is 5. The molecule has 2 heterocycles. The van der Waals surface area contributed by atoms with Crippen molar-refractivity contribution in [3.63, 3.8) is 0 Å². The van der Waals surface area contributed by atoms with Crippen molar-refractivity contribution in [2.45, 2.75) is 0 Å². The SMILES string of the molecule is CN(C)c1cc(-n2cccn2)ncn1. The van der Waals surface area contributed by atoms with Crippen molar-refractivity contribution in [3.8, 4) is 5.82 Å². The Hall–Kier alpha value is -1.91. The Morgan fingerprint density at radius 3 is 2.79 bits per heavy atom. The summed E-state index contributed by atoms with van der Waals surface area (Å²) in [5, 5.41) is 4.09. The largest absolute Gasteiger partial charge is 0.363 e. The van der Waals surface area contributed by atoms with Gasteiger partial charge in [-0.3, -0.25) is 0 Å². The molecule has 0 aliphatic rings. The highest BCUT2D eigenvalue weighted by Crippen LogP contribution is 2.09. The lowest BCUT2D eigenvalue weighted by molar-refractivity contribution is 0.836. The van der Waals surface area contributed by atoms with Gasteiger partial charge >= 0.3 is 0 Å². The molecule has 0 spiro atoms. The van der Waals surface area contributed by atoms with E-state index in [0.29, 0.717) is 0 Å². The fourth-order valence-corrected chi connectivity index (χ4v) is 1.11. The molecule has 2 rings (SSSR count). The standard InChI is InChI=1S/C9H11N5/c1-13(2)8-6-9(11-7-10-8)14-5-3-4-12-14/h3-7H,1-2H3. The van der Waals surface area contributed by atoms with Crippen LogP contribution in [0.5, 0.6) is 0 Å². The van der Waals surface area contributed by atoms with Gasteiger partial charge in [0, 0.05) is 32.6 Å². The number of rotatable bonds is 2. The molecule has 0 saturated carbocycles. The van der Waals surface area contributed by atoms with Crippen LogP contribution in [-0.4, -0.2) is 33.8 Å². The van der Waals surface area contributed by atoms with E-state index in [4.69, 9.17) is 0 Å². The second kappa shape index (κ2) is 3.45. The maximum absolute atomic E-state index is 4.13. The predicted octanol–water partition coefficient (Wildman–Crippen LogP) is 0.728. The third kappa shape index (κ3) is 1.56. The van der Waals surface area contributed by atoms with Crippen molar-refractivity contribution in [1.29, 1.82) is 0 Å². The topological polar surface area (TPSA) is 46.8 Å². The van der Waals surface area contributed by atoms with Crippen molar-refractivity contribution < 1.29 is 0 Å². The molecular formula is C9H11N5. The van der Waals surface area contributed by atoms with Gasteiger partial charge in [-0.05, 0) is 6.07 Å². The van der Waals surface area contributed by atoms with Crippen molar-refractivity contribution >= 4 is 5.82 Å². The van der Waals surface area contributed by atoms with E-state index in [9.17, 15) is 0 Å². The number of hydrogen-bond donors (Lipinski definition) is 0. The van der Waals surface area contributed by atoms with Crippen LogP contribution in [0, 0.1) is 0 Å². The van der Waals surface area contributed by atoms with Crippen LogP contribution in [0.2, 0.25) is 0 Å². The first kappa shape index (κ1) is 8.68. The number of hydrogen-bond acceptors (Lipinski definition) is 4. The van der Waals surface area contributed by atoms with Crippen LogP contribution in [0.15, 0.2) is 30.9 Å². The molecule has 0 N–H and O–H groups in total. The average molecular weight is 189 g/mol. The van der Waals surface area contributed by atoms with Crippen LogP contribution >= 0.6 is 0 Å². The van der Waals surface area contributed by atoms with Crippen LogP contribution in [0.3, 0.4) is 0 Å². The van der Waals surface area contributed by atoms with Crippen LogP contribution < -0.4 is 4.90 Å². The summed E-state index contributed by atoms with van der Waals surface area (Å²) in [6.45, 7) is 0. The minimum Gasteiger partial charge on any atom is -0.363 e. The van der Waals surface area contributed by atoms with Crippen LogP contribution in [0.25, 0.3) is 5.82 Å². The average Bonchev–Trinajstić information content (AvgIpc) is 2.71. The van der Waals surface area contributed by atoms with E-state index < -0.39 is 0 Å². The second-order valence-electron chi connectivity index (χ2n) is 3.08. The van der Waals surface area contributed by atoms with Crippen molar-refractivity contribution in [1.82, 2.24) is 19.7 Å². The molecule has 2 aromatic heterocycles. The third-order valence-corrected chi connectivity index (χ3v) is 1.84. The van der Waals surface area contributed by atoms with Crippen molar-refractivity contribution in [3.05, 3.63) is 30.9 Å². The van der Waals surface area contributed by atoms with E-state index in [2.05, 4.69) is 15.1 Å². The molecule has 72 valence electrons. The van der Waals surface area contributed by atoms with Gasteiger partial charge in [0.15, 0.2) is 5.82 Å². The number of aromatic nitrogens is 4. The fraction of sp³-hybridized carbons (Fsp3) is 0.222. The van der Waals surface area contributed by atoms with Crippen molar-refractivity contribution in [2.75, 3.05) is 19.0 Å². The Morgan fingerprint density at radius 2 is 2.14 bits per heavy atom.